The van der Waals surface area contributed by atoms with E-state index in [4.69, 9.17) is 4.74 Å². The van der Waals surface area contributed by atoms with Gasteiger partial charge in [0.15, 0.2) is 6.61 Å². The number of carbonyl (C=O) groups excluding carboxylic acids is 1. The summed E-state index contributed by atoms with van der Waals surface area (Å²) in [6.45, 7) is 6.03. The van der Waals surface area contributed by atoms with Crippen molar-refractivity contribution < 1.29 is 18.3 Å². The van der Waals surface area contributed by atoms with Gasteiger partial charge in [0.2, 0.25) is 11.8 Å². The monoisotopic (exact) mass is 377 g/mol. The lowest BCUT2D eigenvalue weighted by Gasteiger charge is -2.15. The van der Waals surface area contributed by atoms with E-state index in [1.807, 2.05) is 24.3 Å². The minimum absolute atomic E-state index is 0.0176. The van der Waals surface area contributed by atoms with Gasteiger partial charge in [0.25, 0.3) is 5.92 Å². The van der Waals surface area contributed by atoms with E-state index in [1.165, 1.54) is 18.0 Å². The number of nitrogens with one attached hydrogen (secondary N) is 1. The SMILES string of the molecule is CC(C)c1ccc(CC(=O)N[C@H](C)c2cnc(OCC(C)(F)F)cn2)cc1. The number of hydrogen-bond donors (Lipinski definition) is 1. The summed E-state index contributed by atoms with van der Waals surface area (Å²) in [5.74, 6) is -2.60. The van der Waals surface area contributed by atoms with E-state index in [0.29, 0.717) is 11.6 Å². The van der Waals surface area contributed by atoms with Crippen molar-refractivity contribution in [1.29, 1.82) is 0 Å². The van der Waals surface area contributed by atoms with E-state index in [-0.39, 0.29) is 24.2 Å². The third-order valence-corrected chi connectivity index (χ3v) is 3.95. The molecule has 0 spiro atoms. The molecule has 0 radical (unpaired) electrons. The maximum absolute atomic E-state index is 12.8. The van der Waals surface area contributed by atoms with Crippen LogP contribution in [0.2, 0.25) is 0 Å². The lowest BCUT2D eigenvalue weighted by Crippen LogP contribution is -2.28. The molecule has 0 saturated heterocycles. The molecule has 7 heteroatoms. The van der Waals surface area contributed by atoms with Crippen LogP contribution in [0.1, 0.15) is 56.5 Å². The molecule has 27 heavy (non-hydrogen) atoms. The molecule has 0 unspecified atom stereocenters. The maximum Gasteiger partial charge on any atom is 0.278 e. The highest BCUT2D eigenvalue weighted by molar-refractivity contribution is 5.78. The Hall–Kier alpha value is -2.57. The predicted molar refractivity (Wildman–Crippen MR) is 98.9 cm³/mol. The van der Waals surface area contributed by atoms with E-state index < -0.39 is 12.5 Å². The average molecular weight is 377 g/mol. The maximum atomic E-state index is 12.8. The van der Waals surface area contributed by atoms with Gasteiger partial charge in [0.1, 0.15) is 0 Å². The molecule has 5 nitrogen and oxygen atoms in total. The Morgan fingerprint density at radius 1 is 1.15 bits per heavy atom. The number of rotatable bonds is 8. The van der Waals surface area contributed by atoms with E-state index in [9.17, 15) is 13.6 Å². The molecule has 1 N–H and O–H groups in total. The summed E-state index contributed by atoms with van der Waals surface area (Å²) in [4.78, 5) is 20.3. The van der Waals surface area contributed by atoms with Crippen LogP contribution in [0.15, 0.2) is 36.7 Å². The number of benzene rings is 1. The standard InChI is InChI=1S/C20H25F2N3O2/c1-13(2)16-7-5-15(6-8-16)9-18(26)25-14(3)17-10-24-19(11-23-17)27-12-20(4,21)22/h5-8,10-11,13-14H,9,12H2,1-4H3,(H,25,26)/t14-/m1/s1. The predicted octanol–water partition coefficient (Wildman–Crippen LogP) is 4.05. The fourth-order valence-corrected chi connectivity index (χ4v) is 2.40. The average Bonchev–Trinajstić information content (AvgIpc) is 2.60. The first-order valence-corrected chi connectivity index (χ1v) is 8.85. The largest absolute Gasteiger partial charge is 0.470 e. The second-order valence-corrected chi connectivity index (χ2v) is 7.00. The topological polar surface area (TPSA) is 64.1 Å². The molecule has 0 bridgehead atoms. The third-order valence-electron chi connectivity index (χ3n) is 3.95. The summed E-state index contributed by atoms with van der Waals surface area (Å²) >= 11 is 0. The van der Waals surface area contributed by atoms with Crippen LogP contribution >= 0.6 is 0 Å². The number of ether oxygens (including phenoxy) is 1. The first kappa shape index (κ1) is 20.7. The molecule has 2 rings (SSSR count). The summed E-state index contributed by atoms with van der Waals surface area (Å²) in [5.41, 5.74) is 2.68. The van der Waals surface area contributed by atoms with Gasteiger partial charge >= 0.3 is 0 Å². The molecule has 0 fully saturated rings. The second kappa shape index (κ2) is 8.88. The molecule has 1 aromatic heterocycles. The van der Waals surface area contributed by atoms with Crippen molar-refractivity contribution in [3.05, 3.63) is 53.5 Å². The van der Waals surface area contributed by atoms with Crippen molar-refractivity contribution in [2.24, 2.45) is 0 Å². The van der Waals surface area contributed by atoms with Crippen molar-refractivity contribution in [1.82, 2.24) is 15.3 Å². The molecule has 1 atom stereocenters. The zero-order valence-corrected chi connectivity index (χ0v) is 16.0. The number of hydrogen-bond acceptors (Lipinski definition) is 4. The normalized spacial score (nSPS) is 12.7. The minimum Gasteiger partial charge on any atom is -0.470 e. The molecule has 0 saturated carbocycles. The number of amides is 1. The minimum atomic E-state index is -2.94. The molecular weight excluding hydrogens is 352 g/mol. The van der Waals surface area contributed by atoms with Crippen LogP contribution in [0.5, 0.6) is 5.88 Å². The summed E-state index contributed by atoms with van der Waals surface area (Å²) in [5, 5.41) is 2.86. The lowest BCUT2D eigenvalue weighted by atomic mass is 10.0. The molecule has 1 aromatic carbocycles. The van der Waals surface area contributed by atoms with E-state index >= 15 is 0 Å². The molecule has 0 aliphatic heterocycles. The number of aromatic nitrogens is 2. The van der Waals surface area contributed by atoms with Crippen LogP contribution in [0.3, 0.4) is 0 Å². The van der Waals surface area contributed by atoms with Crippen LogP contribution in [-0.2, 0) is 11.2 Å². The van der Waals surface area contributed by atoms with Gasteiger partial charge in [-0.3, -0.25) is 9.78 Å². The van der Waals surface area contributed by atoms with Crippen LogP contribution in [0, 0.1) is 0 Å². The Labute approximate surface area is 158 Å². The first-order chi connectivity index (χ1) is 12.6. The Kier molecular flexibility index (Phi) is 6.82. The lowest BCUT2D eigenvalue weighted by molar-refractivity contribution is -0.121. The molecular formula is C20H25F2N3O2. The zero-order valence-electron chi connectivity index (χ0n) is 16.0. The van der Waals surface area contributed by atoms with Crippen molar-refractivity contribution >= 4 is 5.91 Å². The molecule has 2 aromatic rings. The summed E-state index contributed by atoms with van der Waals surface area (Å²) in [6.07, 6.45) is 2.95. The van der Waals surface area contributed by atoms with E-state index in [0.717, 1.165) is 12.5 Å². The van der Waals surface area contributed by atoms with Crippen molar-refractivity contribution in [2.75, 3.05) is 6.61 Å². The molecule has 1 amide bonds. The number of alkyl halides is 2. The van der Waals surface area contributed by atoms with E-state index in [2.05, 4.69) is 29.1 Å². The molecule has 0 aliphatic carbocycles. The Bertz CT molecular complexity index is 741. The smallest absolute Gasteiger partial charge is 0.278 e. The van der Waals surface area contributed by atoms with Gasteiger partial charge in [-0.15, -0.1) is 0 Å². The Morgan fingerprint density at radius 2 is 1.81 bits per heavy atom. The summed E-state index contributed by atoms with van der Waals surface area (Å²) in [7, 11) is 0. The third kappa shape index (κ3) is 6.92. The molecule has 0 aliphatic rings. The highest BCUT2D eigenvalue weighted by Crippen LogP contribution is 2.17. The van der Waals surface area contributed by atoms with E-state index in [1.54, 1.807) is 6.92 Å². The number of nitrogens with zero attached hydrogens (tertiary/aromatic N) is 2. The number of halogens is 2. The Balaban J connectivity index is 1.88. The fourth-order valence-electron chi connectivity index (χ4n) is 2.40. The van der Waals surface area contributed by atoms with Crippen molar-refractivity contribution in [3.63, 3.8) is 0 Å². The highest BCUT2D eigenvalue weighted by atomic mass is 19.3. The van der Waals surface area contributed by atoms with Crippen LogP contribution in [0.25, 0.3) is 0 Å². The highest BCUT2D eigenvalue weighted by Gasteiger charge is 2.22. The fraction of sp³-hybridized carbons (Fsp3) is 0.450. The van der Waals surface area contributed by atoms with Crippen molar-refractivity contribution in [3.8, 4) is 5.88 Å². The van der Waals surface area contributed by atoms with Crippen LogP contribution in [-0.4, -0.2) is 28.4 Å². The van der Waals surface area contributed by atoms with Gasteiger partial charge in [-0.1, -0.05) is 38.1 Å². The van der Waals surface area contributed by atoms with Crippen LogP contribution < -0.4 is 10.1 Å². The summed E-state index contributed by atoms with van der Waals surface area (Å²) in [6, 6.07) is 7.60. The van der Waals surface area contributed by atoms with Crippen molar-refractivity contribution in [2.45, 2.75) is 52.0 Å². The van der Waals surface area contributed by atoms with Gasteiger partial charge in [-0.2, -0.15) is 0 Å². The second-order valence-electron chi connectivity index (χ2n) is 7.00. The zero-order chi connectivity index (χ0) is 20.0. The Morgan fingerprint density at radius 3 is 2.33 bits per heavy atom. The first-order valence-electron chi connectivity index (χ1n) is 8.85. The van der Waals surface area contributed by atoms with Gasteiger partial charge < -0.3 is 10.1 Å². The quantitative estimate of drug-likeness (QED) is 0.754. The van der Waals surface area contributed by atoms with Crippen LogP contribution in [0.4, 0.5) is 8.78 Å². The van der Waals surface area contributed by atoms with Gasteiger partial charge in [0, 0.05) is 6.92 Å². The van der Waals surface area contributed by atoms with Gasteiger partial charge in [0.05, 0.1) is 30.6 Å². The summed E-state index contributed by atoms with van der Waals surface area (Å²) < 4.78 is 30.4. The van der Waals surface area contributed by atoms with Gasteiger partial charge in [-0.25, -0.2) is 13.8 Å². The molecule has 1 heterocycles. The number of carbonyl (C=O) groups is 1. The molecule has 146 valence electrons. The van der Waals surface area contributed by atoms with Gasteiger partial charge in [-0.05, 0) is 24.0 Å².